The van der Waals surface area contributed by atoms with E-state index in [4.69, 9.17) is 9.57 Å². The molecule has 1 saturated heterocycles. The highest BCUT2D eigenvalue weighted by atomic mass is 16.6. The fourth-order valence-corrected chi connectivity index (χ4v) is 3.79. The molecule has 1 aromatic rings. The van der Waals surface area contributed by atoms with Crippen LogP contribution in [0.5, 0.6) is 0 Å². The Morgan fingerprint density at radius 1 is 1.21 bits per heavy atom. The first-order chi connectivity index (χ1) is 11.3. The van der Waals surface area contributed by atoms with Crippen LogP contribution < -0.4 is 0 Å². The van der Waals surface area contributed by atoms with Gasteiger partial charge in [-0.25, -0.2) is 4.79 Å². The van der Waals surface area contributed by atoms with Gasteiger partial charge in [0.25, 0.3) is 0 Å². The van der Waals surface area contributed by atoms with Crippen molar-refractivity contribution in [1.82, 2.24) is 4.90 Å². The van der Waals surface area contributed by atoms with Gasteiger partial charge in [-0.2, -0.15) is 0 Å². The zero-order chi connectivity index (χ0) is 17.4. The molecular formula is C19H26N2O3. The second-order valence-corrected chi connectivity index (χ2v) is 7.69. The third-order valence-electron chi connectivity index (χ3n) is 4.89. The Bertz CT molecular complexity index is 653. The summed E-state index contributed by atoms with van der Waals surface area (Å²) in [5, 5.41) is 4.23. The summed E-state index contributed by atoms with van der Waals surface area (Å²) < 4.78 is 5.50. The zero-order valence-corrected chi connectivity index (χ0v) is 15.0. The maximum absolute atomic E-state index is 12.3. The van der Waals surface area contributed by atoms with Crippen LogP contribution in [-0.2, 0) is 15.0 Å². The van der Waals surface area contributed by atoms with Crippen LogP contribution in [-0.4, -0.2) is 42.5 Å². The molecule has 1 aliphatic heterocycles. The van der Waals surface area contributed by atoms with E-state index in [1.165, 1.54) is 11.1 Å². The fourth-order valence-electron chi connectivity index (χ4n) is 3.79. The van der Waals surface area contributed by atoms with Crippen molar-refractivity contribution in [3.63, 3.8) is 0 Å². The first-order valence-electron chi connectivity index (χ1n) is 8.52. The standard InChI is InChI=1S/C19H26N2O3/c1-18(2,3)24-17(22)21-11-9-19(10-12-21)13-16(20-23-4)14-7-5-6-8-15(14)19/h5-8H,9-13H2,1-4H3/b20-16-. The number of ether oxygens (including phenoxy) is 1. The van der Waals surface area contributed by atoms with Crippen LogP contribution in [0.3, 0.4) is 0 Å². The molecule has 3 rings (SSSR count). The van der Waals surface area contributed by atoms with Crippen LogP contribution in [0.2, 0.25) is 0 Å². The summed E-state index contributed by atoms with van der Waals surface area (Å²) in [6, 6.07) is 8.42. The summed E-state index contributed by atoms with van der Waals surface area (Å²) in [4.78, 5) is 19.1. The lowest BCUT2D eigenvalue weighted by molar-refractivity contribution is 0.0168. The molecule has 1 heterocycles. The summed E-state index contributed by atoms with van der Waals surface area (Å²) in [6.07, 6.45) is 2.51. The number of likely N-dealkylation sites (tertiary alicyclic amines) is 1. The summed E-state index contributed by atoms with van der Waals surface area (Å²) >= 11 is 0. The van der Waals surface area contributed by atoms with E-state index >= 15 is 0 Å². The maximum Gasteiger partial charge on any atom is 0.410 e. The number of carbonyl (C=O) groups is 1. The molecule has 130 valence electrons. The van der Waals surface area contributed by atoms with Gasteiger partial charge in [0.05, 0.1) is 5.71 Å². The number of nitrogens with zero attached hydrogens (tertiary/aromatic N) is 2. The number of fused-ring (bicyclic) bond motifs is 2. The molecule has 2 aliphatic rings. The molecule has 0 atom stereocenters. The second kappa shape index (κ2) is 6.11. The van der Waals surface area contributed by atoms with Gasteiger partial charge in [-0.05, 0) is 39.2 Å². The summed E-state index contributed by atoms with van der Waals surface area (Å²) in [5.41, 5.74) is 3.14. The van der Waals surface area contributed by atoms with Crippen molar-refractivity contribution in [2.75, 3.05) is 20.2 Å². The van der Waals surface area contributed by atoms with Crippen molar-refractivity contribution < 1.29 is 14.4 Å². The van der Waals surface area contributed by atoms with Gasteiger partial charge >= 0.3 is 6.09 Å². The van der Waals surface area contributed by atoms with Crippen molar-refractivity contribution >= 4 is 11.8 Å². The zero-order valence-electron chi connectivity index (χ0n) is 15.0. The average Bonchev–Trinajstić information content (AvgIpc) is 2.81. The minimum atomic E-state index is -0.454. The van der Waals surface area contributed by atoms with Gasteiger partial charge in [0.15, 0.2) is 0 Å². The van der Waals surface area contributed by atoms with Crippen molar-refractivity contribution in [2.24, 2.45) is 5.16 Å². The first-order valence-corrected chi connectivity index (χ1v) is 8.52. The molecule has 1 spiro atoms. The number of hydrogen-bond donors (Lipinski definition) is 0. The Morgan fingerprint density at radius 3 is 2.50 bits per heavy atom. The third kappa shape index (κ3) is 3.12. The van der Waals surface area contributed by atoms with Gasteiger partial charge in [0, 0.05) is 30.5 Å². The summed E-state index contributed by atoms with van der Waals surface area (Å²) in [5.74, 6) is 0. The normalized spacial score (nSPS) is 21.0. The monoisotopic (exact) mass is 330 g/mol. The molecule has 0 N–H and O–H groups in total. The largest absolute Gasteiger partial charge is 0.444 e. The van der Waals surface area contributed by atoms with E-state index in [1.807, 2.05) is 31.7 Å². The van der Waals surface area contributed by atoms with Crippen molar-refractivity contribution in [3.8, 4) is 0 Å². The second-order valence-electron chi connectivity index (χ2n) is 7.69. The lowest BCUT2D eigenvalue weighted by atomic mass is 9.74. The van der Waals surface area contributed by atoms with Crippen molar-refractivity contribution in [1.29, 1.82) is 0 Å². The minimum absolute atomic E-state index is 0.0620. The Kier molecular flexibility index (Phi) is 4.28. The molecule has 5 nitrogen and oxygen atoms in total. The van der Waals surface area contributed by atoms with Crippen LogP contribution in [0.15, 0.2) is 29.4 Å². The van der Waals surface area contributed by atoms with Crippen molar-refractivity contribution in [2.45, 2.75) is 51.0 Å². The third-order valence-corrected chi connectivity index (χ3v) is 4.89. The number of oxime groups is 1. The number of rotatable bonds is 1. The van der Waals surface area contributed by atoms with E-state index in [2.05, 4.69) is 23.4 Å². The van der Waals surface area contributed by atoms with Crippen LogP contribution in [0.1, 0.15) is 51.2 Å². The molecule has 0 saturated carbocycles. The molecule has 1 aliphatic carbocycles. The first kappa shape index (κ1) is 16.8. The van der Waals surface area contributed by atoms with E-state index in [-0.39, 0.29) is 11.5 Å². The minimum Gasteiger partial charge on any atom is -0.444 e. The van der Waals surface area contributed by atoms with Gasteiger partial charge in [-0.3, -0.25) is 0 Å². The van der Waals surface area contributed by atoms with E-state index in [9.17, 15) is 4.79 Å². The van der Waals surface area contributed by atoms with E-state index in [1.54, 1.807) is 7.11 Å². The Morgan fingerprint density at radius 2 is 1.88 bits per heavy atom. The molecule has 24 heavy (non-hydrogen) atoms. The maximum atomic E-state index is 12.3. The molecule has 1 aromatic carbocycles. The van der Waals surface area contributed by atoms with E-state index in [0.29, 0.717) is 13.1 Å². The molecule has 0 radical (unpaired) electrons. The molecular weight excluding hydrogens is 304 g/mol. The highest BCUT2D eigenvalue weighted by molar-refractivity contribution is 6.05. The van der Waals surface area contributed by atoms with Crippen LogP contribution in [0.4, 0.5) is 4.79 Å². The molecule has 1 amide bonds. The number of carbonyl (C=O) groups excluding carboxylic acids is 1. The quantitative estimate of drug-likeness (QED) is 0.738. The van der Waals surface area contributed by atoms with Crippen LogP contribution in [0, 0.1) is 0 Å². The van der Waals surface area contributed by atoms with Gasteiger partial charge in [0.2, 0.25) is 0 Å². The highest BCUT2D eigenvalue weighted by Crippen LogP contribution is 2.46. The molecule has 0 unspecified atom stereocenters. The number of amides is 1. The lowest BCUT2D eigenvalue weighted by Crippen LogP contribution is -2.46. The van der Waals surface area contributed by atoms with E-state index < -0.39 is 5.60 Å². The van der Waals surface area contributed by atoms with Gasteiger partial charge < -0.3 is 14.5 Å². The smallest absolute Gasteiger partial charge is 0.410 e. The predicted octanol–water partition coefficient (Wildman–Crippen LogP) is 3.71. The van der Waals surface area contributed by atoms with Gasteiger partial charge in [-0.15, -0.1) is 0 Å². The van der Waals surface area contributed by atoms with Crippen LogP contribution >= 0.6 is 0 Å². The lowest BCUT2D eigenvalue weighted by Gasteiger charge is -2.40. The summed E-state index contributed by atoms with van der Waals surface area (Å²) in [6.45, 7) is 7.12. The Labute approximate surface area is 143 Å². The molecule has 0 aromatic heterocycles. The predicted molar refractivity (Wildman–Crippen MR) is 93.3 cm³/mol. The van der Waals surface area contributed by atoms with E-state index in [0.717, 1.165) is 25.0 Å². The van der Waals surface area contributed by atoms with Crippen LogP contribution in [0.25, 0.3) is 0 Å². The summed E-state index contributed by atoms with van der Waals surface area (Å²) in [7, 11) is 1.59. The highest BCUT2D eigenvalue weighted by Gasteiger charge is 2.45. The SMILES string of the molecule is CO/N=C1/CC2(CCN(C(=O)OC(C)(C)C)CC2)c2ccccc21. The fraction of sp³-hybridized carbons (Fsp3) is 0.579. The van der Waals surface area contributed by atoms with Gasteiger partial charge in [0.1, 0.15) is 12.7 Å². The topological polar surface area (TPSA) is 51.1 Å². The molecule has 0 bridgehead atoms. The Hall–Kier alpha value is -2.04. The average molecular weight is 330 g/mol. The number of piperidine rings is 1. The number of hydrogen-bond acceptors (Lipinski definition) is 4. The van der Waals surface area contributed by atoms with Crippen molar-refractivity contribution in [3.05, 3.63) is 35.4 Å². The van der Waals surface area contributed by atoms with Gasteiger partial charge in [-0.1, -0.05) is 29.4 Å². The molecule has 1 fully saturated rings. The molecule has 5 heteroatoms. The Balaban J connectivity index is 1.77. The number of benzene rings is 1.